The maximum atomic E-state index is 12.8. The van der Waals surface area contributed by atoms with Gasteiger partial charge in [-0.05, 0) is 46.9 Å². The van der Waals surface area contributed by atoms with Gasteiger partial charge in [0.15, 0.2) is 0 Å². The monoisotopic (exact) mass is 477 g/mol. The molecule has 1 aromatic rings. The van der Waals surface area contributed by atoms with Crippen LogP contribution in [0.1, 0.15) is 101 Å². The van der Waals surface area contributed by atoms with Crippen LogP contribution >= 0.6 is 0 Å². The maximum absolute atomic E-state index is 12.8. The number of carbonyl (C=O) groups excluding carboxylic acids is 1. The number of aliphatic hydroxyl groups excluding tert-OH is 2. The van der Waals surface area contributed by atoms with Crippen molar-refractivity contribution < 1.29 is 29.2 Å². The standard InChI is InChI=1S/C27H43NO6/c1-14(2)18-9-19(15(3)4)24(20(10-18)16(5)6)17(7)34-21-11-23(29)28-12-22(33-13-32-8)26(30)27(31)25(21)28/h9-10,14-17,21-22,25-27,30-31H,11-13H2,1-8H3/t17-,21+,22+,25-,26-,27-/m1/s1. The van der Waals surface area contributed by atoms with E-state index in [4.69, 9.17) is 14.2 Å². The number of hydrogen-bond acceptors (Lipinski definition) is 6. The Kier molecular flexibility index (Phi) is 8.80. The molecule has 0 radical (unpaired) electrons. The Hall–Kier alpha value is -1.51. The molecular formula is C27H43NO6. The minimum atomic E-state index is -1.16. The van der Waals surface area contributed by atoms with Crippen molar-refractivity contribution in [2.45, 2.75) is 109 Å². The van der Waals surface area contributed by atoms with Gasteiger partial charge < -0.3 is 29.3 Å². The van der Waals surface area contributed by atoms with Crippen molar-refractivity contribution in [1.29, 1.82) is 0 Å². The van der Waals surface area contributed by atoms with Crippen LogP contribution in [0.3, 0.4) is 0 Å². The van der Waals surface area contributed by atoms with E-state index < -0.39 is 30.5 Å². The molecule has 2 N–H and O–H groups in total. The molecule has 0 spiro atoms. The van der Waals surface area contributed by atoms with Crippen LogP contribution in [0, 0.1) is 0 Å². The van der Waals surface area contributed by atoms with Crippen molar-refractivity contribution in [3.63, 3.8) is 0 Å². The molecule has 0 saturated carbocycles. The highest BCUT2D eigenvalue weighted by Crippen LogP contribution is 2.40. The van der Waals surface area contributed by atoms with Gasteiger partial charge in [0, 0.05) is 7.11 Å². The van der Waals surface area contributed by atoms with Crippen LogP contribution in [0.15, 0.2) is 12.1 Å². The smallest absolute Gasteiger partial charge is 0.225 e. The van der Waals surface area contributed by atoms with Crippen LogP contribution < -0.4 is 0 Å². The highest BCUT2D eigenvalue weighted by molar-refractivity contribution is 5.80. The van der Waals surface area contributed by atoms with E-state index in [0.717, 1.165) is 0 Å². The molecule has 2 fully saturated rings. The summed E-state index contributed by atoms with van der Waals surface area (Å²) in [5.74, 6) is 0.968. The lowest BCUT2D eigenvalue weighted by Crippen LogP contribution is -2.63. The van der Waals surface area contributed by atoms with E-state index in [9.17, 15) is 15.0 Å². The number of methoxy groups -OCH3 is 1. The first-order chi connectivity index (χ1) is 16.0. The summed E-state index contributed by atoms with van der Waals surface area (Å²) < 4.78 is 17.0. The average molecular weight is 478 g/mol. The van der Waals surface area contributed by atoms with Gasteiger partial charge >= 0.3 is 0 Å². The lowest BCUT2D eigenvalue weighted by atomic mass is 9.82. The molecule has 0 aromatic heterocycles. The van der Waals surface area contributed by atoms with E-state index in [-0.39, 0.29) is 31.8 Å². The van der Waals surface area contributed by atoms with Crippen LogP contribution in [-0.4, -0.2) is 71.9 Å². The van der Waals surface area contributed by atoms with Crippen LogP contribution in [0.25, 0.3) is 0 Å². The minimum Gasteiger partial charge on any atom is -0.388 e. The second-order valence-corrected chi connectivity index (χ2v) is 10.7. The lowest BCUT2D eigenvalue weighted by molar-refractivity contribution is -0.192. The third-order valence-corrected chi connectivity index (χ3v) is 7.26. The Bertz CT molecular complexity index is 825. The Morgan fingerprint density at radius 2 is 1.53 bits per heavy atom. The highest BCUT2D eigenvalue weighted by atomic mass is 16.7. The molecule has 7 nitrogen and oxygen atoms in total. The first-order valence-electron chi connectivity index (χ1n) is 12.6. The highest BCUT2D eigenvalue weighted by Gasteiger charge is 2.53. The van der Waals surface area contributed by atoms with Gasteiger partial charge in [-0.2, -0.15) is 0 Å². The van der Waals surface area contributed by atoms with Crippen molar-refractivity contribution in [2.75, 3.05) is 20.4 Å². The van der Waals surface area contributed by atoms with Crippen molar-refractivity contribution in [2.24, 2.45) is 0 Å². The first kappa shape index (κ1) is 27.1. The average Bonchev–Trinajstić information content (AvgIpc) is 3.08. The number of benzene rings is 1. The van der Waals surface area contributed by atoms with Crippen LogP contribution in [-0.2, 0) is 19.0 Å². The zero-order valence-corrected chi connectivity index (χ0v) is 21.9. The van der Waals surface area contributed by atoms with Crippen molar-refractivity contribution in [3.8, 4) is 0 Å². The quantitative estimate of drug-likeness (QED) is 0.526. The van der Waals surface area contributed by atoms with Crippen LogP contribution in [0.5, 0.6) is 0 Å². The molecule has 192 valence electrons. The third-order valence-electron chi connectivity index (χ3n) is 7.26. The Balaban J connectivity index is 1.90. The third kappa shape index (κ3) is 5.34. The van der Waals surface area contributed by atoms with E-state index in [1.54, 1.807) is 4.90 Å². The summed E-state index contributed by atoms with van der Waals surface area (Å²) >= 11 is 0. The molecule has 2 aliphatic rings. The molecule has 0 aliphatic carbocycles. The molecule has 34 heavy (non-hydrogen) atoms. The number of fused-ring (bicyclic) bond motifs is 1. The topological polar surface area (TPSA) is 88.5 Å². The molecule has 2 aliphatic heterocycles. The second kappa shape index (κ2) is 11.0. The fourth-order valence-corrected chi connectivity index (χ4v) is 5.38. The van der Waals surface area contributed by atoms with Crippen LogP contribution in [0.2, 0.25) is 0 Å². The number of rotatable bonds is 9. The molecule has 2 saturated heterocycles. The lowest BCUT2D eigenvalue weighted by Gasteiger charge is -2.43. The SMILES string of the molecule is COCO[C@H]1CN2C(=O)C[C@H](O[C@H](C)c3c(C(C)C)cc(C(C)C)cc3C(C)C)[C@@H]2[C@@H](O)[C@@H]1O. The first-order valence-corrected chi connectivity index (χ1v) is 12.6. The van der Waals surface area contributed by atoms with Gasteiger partial charge in [0.2, 0.25) is 5.91 Å². The van der Waals surface area contributed by atoms with Crippen molar-refractivity contribution in [3.05, 3.63) is 34.4 Å². The number of amides is 1. The fourth-order valence-electron chi connectivity index (χ4n) is 5.38. The number of ether oxygens (including phenoxy) is 3. The molecule has 2 heterocycles. The van der Waals surface area contributed by atoms with E-state index in [2.05, 4.69) is 53.7 Å². The number of nitrogens with zero attached hydrogens (tertiary/aromatic N) is 1. The van der Waals surface area contributed by atoms with Crippen LogP contribution in [0.4, 0.5) is 0 Å². The van der Waals surface area contributed by atoms with E-state index in [0.29, 0.717) is 17.8 Å². The molecule has 1 amide bonds. The molecule has 7 heteroatoms. The number of hydrogen-bond donors (Lipinski definition) is 2. The normalized spacial score (nSPS) is 28.3. The molecular weight excluding hydrogens is 434 g/mol. The second-order valence-electron chi connectivity index (χ2n) is 10.7. The van der Waals surface area contributed by atoms with Gasteiger partial charge in [0.05, 0.1) is 31.2 Å². The summed E-state index contributed by atoms with van der Waals surface area (Å²) in [6.45, 7) is 15.4. The Morgan fingerprint density at radius 3 is 2.03 bits per heavy atom. The van der Waals surface area contributed by atoms with Crippen molar-refractivity contribution >= 4 is 5.91 Å². The molecule has 6 atom stereocenters. The van der Waals surface area contributed by atoms with E-state index in [1.165, 1.54) is 29.4 Å². The number of piperidine rings is 1. The molecule has 0 unspecified atom stereocenters. The molecule has 1 aromatic carbocycles. The number of carbonyl (C=O) groups is 1. The van der Waals surface area contributed by atoms with Gasteiger partial charge in [0.1, 0.15) is 25.1 Å². The summed E-state index contributed by atoms with van der Waals surface area (Å²) in [5, 5.41) is 21.6. The summed E-state index contributed by atoms with van der Waals surface area (Å²) in [5.41, 5.74) is 5.02. The van der Waals surface area contributed by atoms with Crippen molar-refractivity contribution in [1.82, 2.24) is 4.90 Å². The van der Waals surface area contributed by atoms with E-state index in [1.807, 2.05) is 6.92 Å². The maximum Gasteiger partial charge on any atom is 0.225 e. The predicted molar refractivity (Wildman–Crippen MR) is 131 cm³/mol. The zero-order valence-electron chi connectivity index (χ0n) is 21.9. The number of aliphatic hydroxyl groups is 2. The molecule has 0 bridgehead atoms. The van der Waals surface area contributed by atoms with Gasteiger partial charge in [-0.3, -0.25) is 4.79 Å². The zero-order chi connectivity index (χ0) is 25.3. The summed E-state index contributed by atoms with van der Waals surface area (Å²) in [4.78, 5) is 14.4. The van der Waals surface area contributed by atoms with Gasteiger partial charge in [0.25, 0.3) is 0 Å². The largest absolute Gasteiger partial charge is 0.388 e. The summed E-state index contributed by atoms with van der Waals surface area (Å²) in [6, 6.07) is 3.98. The predicted octanol–water partition coefficient (Wildman–Crippen LogP) is 3.83. The minimum absolute atomic E-state index is 0.0135. The Labute approximate surface area is 204 Å². The van der Waals surface area contributed by atoms with Gasteiger partial charge in [-0.15, -0.1) is 0 Å². The summed E-state index contributed by atoms with van der Waals surface area (Å²) in [6.07, 6.45) is -3.58. The summed E-state index contributed by atoms with van der Waals surface area (Å²) in [7, 11) is 1.49. The van der Waals surface area contributed by atoms with Gasteiger partial charge in [-0.25, -0.2) is 0 Å². The fraction of sp³-hybridized carbons (Fsp3) is 0.741. The molecule has 3 rings (SSSR count). The Morgan fingerprint density at radius 1 is 0.941 bits per heavy atom. The van der Waals surface area contributed by atoms with Gasteiger partial charge in [-0.1, -0.05) is 53.7 Å². The van der Waals surface area contributed by atoms with E-state index >= 15 is 0 Å².